The Bertz CT molecular complexity index is 440. The van der Waals surface area contributed by atoms with E-state index in [1.165, 1.54) is 0 Å². The summed E-state index contributed by atoms with van der Waals surface area (Å²) in [4.78, 5) is 2.04. The van der Waals surface area contributed by atoms with Crippen LogP contribution in [0.15, 0.2) is 22.7 Å². The van der Waals surface area contributed by atoms with Crippen LogP contribution in [0.3, 0.4) is 0 Å². The van der Waals surface area contributed by atoms with E-state index in [2.05, 4.69) is 34.8 Å². The van der Waals surface area contributed by atoms with Gasteiger partial charge in [-0.2, -0.15) is 5.26 Å². The van der Waals surface area contributed by atoms with E-state index in [0.717, 1.165) is 23.1 Å². The van der Waals surface area contributed by atoms with Gasteiger partial charge in [0.1, 0.15) is 6.07 Å². The van der Waals surface area contributed by atoms with Crippen LogP contribution < -0.4 is 4.90 Å². The van der Waals surface area contributed by atoms with Crippen molar-refractivity contribution in [3.05, 3.63) is 28.2 Å². The van der Waals surface area contributed by atoms with Crippen LogP contribution in [0, 0.1) is 23.7 Å². The third-order valence-corrected chi connectivity index (χ3v) is 2.69. The first kappa shape index (κ1) is 12.6. The molecule has 1 aromatic carbocycles. The number of rotatable bonds is 4. The van der Waals surface area contributed by atoms with Crippen LogP contribution in [0.2, 0.25) is 0 Å². The predicted molar refractivity (Wildman–Crippen MR) is 70.2 cm³/mol. The van der Waals surface area contributed by atoms with Crippen LogP contribution in [0.4, 0.5) is 5.69 Å². The summed E-state index contributed by atoms with van der Waals surface area (Å²) in [6.45, 7) is 3.47. The average Bonchev–Trinajstić information content (AvgIpc) is 2.29. The monoisotopic (exact) mass is 276 g/mol. The fourth-order valence-corrected chi connectivity index (χ4v) is 1.87. The maximum Gasteiger partial charge on any atom is 0.101 e. The highest BCUT2D eigenvalue weighted by molar-refractivity contribution is 9.10. The maximum absolute atomic E-state index is 9.05. The van der Waals surface area contributed by atoms with E-state index >= 15 is 0 Å². The second-order valence-corrected chi connectivity index (χ2v) is 4.31. The minimum absolute atomic E-state index is 0.527. The van der Waals surface area contributed by atoms with E-state index in [1.54, 1.807) is 6.07 Å². The summed E-state index contributed by atoms with van der Waals surface area (Å²) in [6.07, 6.45) is 6.34. The topological polar surface area (TPSA) is 27.0 Å². The molecule has 0 unspecified atom stereocenters. The average molecular weight is 277 g/mol. The quantitative estimate of drug-likeness (QED) is 0.790. The van der Waals surface area contributed by atoms with E-state index in [-0.39, 0.29) is 0 Å². The molecule has 0 saturated carbocycles. The van der Waals surface area contributed by atoms with Gasteiger partial charge in [-0.3, -0.25) is 0 Å². The molecule has 0 heterocycles. The zero-order valence-electron chi connectivity index (χ0n) is 9.20. The first-order chi connectivity index (χ1) is 7.72. The SMILES string of the molecule is C#CCN(CCC)c1cc(Br)ccc1C#N. The number of halogens is 1. The highest BCUT2D eigenvalue weighted by atomic mass is 79.9. The summed E-state index contributed by atoms with van der Waals surface area (Å²) in [6, 6.07) is 7.79. The van der Waals surface area contributed by atoms with Crippen LogP contribution in [-0.4, -0.2) is 13.1 Å². The second-order valence-electron chi connectivity index (χ2n) is 3.40. The molecular weight excluding hydrogens is 264 g/mol. The van der Waals surface area contributed by atoms with Crippen molar-refractivity contribution in [1.29, 1.82) is 5.26 Å². The molecule has 16 heavy (non-hydrogen) atoms. The highest BCUT2D eigenvalue weighted by Gasteiger charge is 2.09. The van der Waals surface area contributed by atoms with Crippen molar-refractivity contribution < 1.29 is 0 Å². The number of terminal acetylenes is 1. The number of nitriles is 1. The normalized spacial score (nSPS) is 9.25. The van der Waals surface area contributed by atoms with E-state index in [4.69, 9.17) is 11.7 Å². The fraction of sp³-hybridized carbons (Fsp3) is 0.308. The van der Waals surface area contributed by atoms with Gasteiger partial charge in [-0.05, 0) is 24.6 Å². The zero-order chi connectivity index (χ0) is 12.0. The Morgan fingerprint density at radius 2 is 2.25 bits per heavy atom. The van der Waals surface area contributed by atoms with E-state index < -0.39 is 0 Å². The molecular formula is C13H13BrN2. The third-order valence-electron chi connectivity index (χ3n) is 2.20. The fourth-order valence-electron chi connectivity index (χ4n) is 1.53. The lowest BCUT2D eigenvalue weighted by Crippen LogP contribution is -2.25. The van der Waals surface area contributed by atoms with Gasteiger partial charge in [0, 0.05) is 11.0 Å². The van der Waals surface area contributed by atoms with Crippen molar-refractivity contribution >= 4 is 21.6 Å². The lowest BCUT2D eigenvalue weighted by atomic mass is 10.1. The molecule has 0 N–H and O–H groups in total. The Morgan fingerprint density at radius 1 is 1.50 bits per heavy atom. The minimum Gasteiger partial charge on any atom is -0.359 e. The van der Waals surface area contributed by atoms with Gasteiger partial charge in [-0.15, -0.1) is 6.42 Å². The van der Waals surface area contributed by atoms with Gasteiger partial charge in [0.15, 0.2) is 0 Å². The lowest BCUT2D eigenvalue weighted by Gasteiger charge is -2.23. The lowest BCUT2D eigenvalue weighted by molar-refractivity contribution is 0.821. The smallest absolute Gasteiger partial charge is 0.101 e. The Morgan fingerprint density at radius 3 is 2.81 bits per heavy atom. The molecule has 0 fully saturated rings. The van der Waals surface area contributed by atoms with Gasteiger partial charge in [0.2, 0.25) is 0 Å². The van der Waals surface area contributed by atoms with E-state index in [9.17, 15) is 0 Å². The summed E-state index contributed by atoms with van der Waals surface area (Å²) in [5, 5.41) is 9.05. The molecule has 0 spiro atoms. The van der Waals surface area contributed by atoms with Crippen LogP contribution in [0.1, 0.15) is 18.9 Å². The molecule has 0 atom stereocenters. The van der Waals surface area contributed by atoms with Crippen molar-refractivity contribution in [2.24, 2.45) is 0 Å². The summed E-state index contributed by atoms with van der Waals surface area (Å²) >= 11 is 3.41. The van der Waals surface area contributed by atoms with Crippen LogP contribution in [0.5, 0.6) is 0 Å². The summed E-state index contributed by atoms with van der Waals surface area (Å²) < 4.78 is 0.958. The molecule has 0 aliphatic carbocycles. The van der Waals surface area contributed by atoms with Gasteiger partial charge in [-0.25, -0.2) is 0 Å². The Labute approximate surface area is 105 Å². The second kappa shape index (κ2) is 6.20. The Hall–Kier alpha value is -1.45. The van der Waals surface area contributed by atoms with Crippen molar-refractivity contribution in [1.82, 2.24) is 0 Å². The van der Waals surface area contributed by atoms with Crippen molar-refractivity contribution in [3.8, 4) is 18.4 Å². The molecule has 2 nitrogen and oxygen atoms in total. The molecule has 0 aliphatic rings. The molecule has 0 radical (unpaired) electrons. The number of hydrogen-bond donors (Lipinski definition) is 0. The molecule has 0 aliphatic heterocycles. The Kier molecular flexibility index (Phi) is 4.89. The largest absolute Gasteiger partial charge is 0.359 e. The van der Waals surface area contributed by atoms with E-state index in [1.807, 2.05) is 17.0 Å². The van der Waals surface area contributed by atoms with Crippen molar-refractivity contribution in [3.63, 3.8) is 0 Å². The van der Waals surface area contributed by atoms with Crippen LogP contribution >= 0.6 is 15.9 Å². The van der Waals surface area contributed by atoms with Gasteiger partial charge in [0.05, 0.1) is 17.8 Å². The van der Waals surface area contributed by atoms with E-state index in [0.29, 0.717) is 12.1 Å². The van der Waals surface area contributed by atoms with Gasteiger partial charge in [-0.1, -0.05) is 28.8 Å². The molecule has 0 bridgehead atoms. The summed E-state index contributed by atoms with van der Waals surface area (Å²) in [7, 11) is 0. The van der Waals surface area contributed by atoms with Crippen LogP contribution in [0.25, 0.3) is 0 Å². The molecule has 82 valence electrons. The van der Waals surface area contributed by atoms with Crippen molar-refractivity contribution in [2.75, 3.05) is 18.0 Å². The van der Waals surface area contributed by atoms with Crippen molar-refractivity contribution in [2.45, 2.75) is 13.3 Å². The maximum atomic E-state index is 9.05. The number of nitrogens with zero attached hydrogens (tertiary/aromatic N) is 2. The third kappa shape index (κ3) is 3.02. The number of anilines is 1. The molecule has 3 heteroatoms. The van der Waals surface area contributed by atoms with Gasteiger partial charge in [0.25, 0.3) is 0 Å². The molecule has 1 aromatic rings. The molecule has 0 amide bonds. The molecule has 0 saturated heterocycles. The first-order valence-electron chi connectivity index (χ1n) is 5.11. The molecule has 0 aromatic heterocycles. The molecule has 1 rings (SSSR count). The zero-order valence-corrected chi connectivity index (χ0v) is 10.8. The van der Waals surface area contributed by atoms with Gasteiger partial charge >= 0.3 is 0 Å². The Balaban J connectivity index is 3.12. The first-order valence-corrected chi connectivity index (χ1v) is 5.90. The minimum atomic E-state index is 0.527. The number of hydrogen-bond acceptors (Lipinski definition) is 2. The van der Waals surface area contributed by atoms with Gasteiger partial charge < -0.3 is 4.90 Å². The predicted octanol–water partition coefficient (Wildman–Crippen LogP) is 3.17. The highest BCUT2D eigenvalue weighted by Crippen LogP contribution is 2.24. The summed E-state index contributed by atoms with van der Waals surface area (Å²) in [5.41, 5.74) is 1.56. The summed E-state index contributed by atoms with van der Waals surface area (Å²) in [5.74, 6) is 2.62. The standard InChI is InChI=1S/C13H13BrN2/c1-3-7-16(8-4-2)13-9-12(14)6-5-11(13)10-15/h1,5-6,9H,4,7-8H2,2H3. The number of benzene rings is 1. The van der Waals surface area contributed by atoms with Crippen LogP contribution in [-0.2, 0) is 0 Å².